The highest BCUT2D eigenvalue weighted by molar-refractivity contribution is 9.10. The first kappa shape index (κ1) is 11.0. The SMILES string of the molecule is CC(N)CCc1nc(C2CC2)ncc1Br. The molecule has 1 aliphatic rings. The van der Waals surface area contributed by atoms with E-state index < -0.39 is 0 Å². The van der Waals surface area contributed by atoms with Crippen LogP contribution in [0.15, 0.2) is 10.7 Å². The molecule has 82 valence electrons. The maximum atomic E-state index is 5.74. The Hall–Kier alpha value is -0.480. The molecule has 0 bridgehead atoms. The summed E-state index contributed by atoms with van der Waals surface area (Å²) in [4.78, 5) is 8.93. The van der Waals surface area contributed by atoms with E-state index in [1.165, 1.54) is 12.8 Å². The predicted octanol–water partition coefficient (Wildman–Crippen LogP) is 2.40. The number of hydrogen-bond acceptors (Lipinski definition) is 3. The van der Waals surface area contributed by atoms with E-state index in [0.29, 0.717) is 5.92 Å². The van der Waals surface area contributed by atoms with E-state index >= 15 is 0 Å². The Kier molecular flexibility index (Phi) is 3.36. The van der Waals surface area contributed by atoms with E-state index in [9.17, 15) is 0 Å². The molecule has 0 radical (unpaired) electrons. The fourth-order valence-corrected chi connectivity index (χ4v) is 1.89. The van der Waals surface area contributed by atoms with Crippen LogP contribution < -0.4 is 5.73 Å². The lowest BCUT2D eigenvalue weighted by Crippen LogP contribution is -2.16. The van der Waals surface area contributed by atoms with E-state index in [4.69, 9.17) is 5.73 Å². The van der Waals surface area contributed by atoms with Gasteiger partial charge < -0.3 is 5.73 Å². The number of aryl methyl sites for hydroxylation is 1. The van der Waals surface area contributed by atoms with Crippen LogP contribution in [-0.4, -0.2) is 16.0 Å². The third-order valence-electron chi connectivity index (χ3n) is 2.61. The molecule has 2 N–H and O–H groups in total. The summed E-state index contributed by atoms with van der Waals surface area (Å²) >= 11 is 3.48. The largest absolute Gasteiger partial charge is 0.328 e. The summed E-state index contributed by atoms with van der Waals surface area (Å²) in [6.07, 6.45) is 6.26. The van der Waals surface area contributed by atoms with Crippen molar-refractivity contribution >= 4 is 15.9 Å². The van der Waals surface area contributed by atoms with Gasteiger partial charge in [-0.1, -0.05) is 0 Å². The van der Waals surface area contributed by atoms with Crippen molar-refractivity contribution in [2.24, 2.45) is 5.73 Å². The summed E-state index contributed by atoms with van der Waals surface area (Å²) in [5.41, 5.74) is 6.84. The quantitative estimate of drug-likeness (QED) is 0.914. The van der Waals surface area contributed by atoms with Gasteiger partial charge in [-0.15, -0.1) is 0 Å². The van der Waals surface area contributed by atoms with Gasteiger partial charge in [-0.2, -0.15) is 0 Å². The predicted molar refractivity (Wildman–Crippen MR) is 63.7 cm³/mol. The Balaban J connectivity index is 2.09. The minimum Gasteiger partial charge on any atom is -0.328 e. The zero-order valence-corrected chi connectivity index (χ0v) is 10.5. The highest BCUT2D eigenvalue weighted by Crippen LogP contribution is 2.38. The van der Waals surface area contributed by atoms with Crippen molar-refractivity contribution in [3.63, 3.8) is 0 Å². The topological polar surface area (TPSA) is 51.8 Å². The highest BCUT2D eigenvalue weighted by Gasteiger charge is 2.26. The molecule has 1 heterocycles. The average molecular weight is 270 g/mol. The molecular formula is C11H16BrN3. The summed E-state index contributed by atoms with van der Waals surface area (Å²) in [7, 11) is 0. The first-order valence-electron chi connectivity index (χ1n) is 5.43. The van der Waals surface area contributed by atoms with Crippen molar-refractivity contribution in [3.05, 3.63) is 22.2 Å². The molecule has 2 rings (SSSR count). The van der Waals surface area contributed by atoms with E-state index in [1.807, 2.05) is 13.1 Å². The van der Waals surface area contributed by atoms with Crippen LogP contribution >= 0.6 is 15.9 Å². The van der Waals surface area contributed by atoms with Gasteiger partial charge in [0.2, 0.25) is 0 Å². The lowest BCUT2D eigenvalue weighted by molar-refractivity contribution is 0.652. The molecule has 0 amide bonds. The van der Waals surface area contributed by atoms with Crippen LogP contribution in [0.5, 0.6) is 0 Å². The molecule has 1 fully saturated rings. The minimum absolute atomic E-state index is 0.233. The van der Waals surface area contributed by atoms with Gasteiger partial charge in [0, 0.05) is 18.2 Å². The van der Waals surface area contributed by atoms with Crippen LogP contribution in [0, 0.1) is 0 Å². The molecule has 1 unspecified atom stereocenters. The van der Waals surface area contributed by atoms with Crippen LogP contribution in [0.4, 0.5) is 0 Å². The van der Waals surface area contributed by atoms with Crippen molar-refractivity contribution < 1.29 is 0 Å². The van der Waals surface area contributed by atoms with E-state index in [2.05, 4.69) is 25.9 Å². The van der Waals surface area contributed by atoms with E-state index in [0.717, 1.165) is 28.8 Å². The summed E-state index contributed by atoms with van der Waals surface area (Å²) in [6, 6.07) is 0.233. The number of aromatic nitrogens is 2. The highest BCUT2D eigenvalue weighted by atomic mass is 79.9. The Morgan fingerprint density at radius 1 is 1.60 bits per heavy atom. The number of nitrogens with zero attached hydrogens (tertiary/aromatic N) is 2. The van der Waals surface area contributed by atoms with Crippen molar-refractivity contribution in [2.75, 3.05) is 0 Å². The molecule has 0 spiro atoms. The molecule has 1 atom stereocenters. The Labute approximate surface area is 98.6 Å². The second-order valence-corrected chi connectivity index (χ2v) is 5.17. The van der Waals surface area contributed by atoms with E-state index in [-0.39, 0.29) is 6.04 Å². The second-order valence-electron chi connectivity index (χ2n) is 4.31. The molecule has 1 saturated carbocycles. The number of rotatable bonds is 4. The van der Waals surface area contributed by atoms with Gasteiger partial charge >= 0.3 is 0 Å². The molecular weight excluding hydrogens is 254 g/mol. The normalized spacial score (nSPS) is 17.8. The van der Waals surface area contributed by atoms with Crippen molar-refractivity contribution in [3.8, 4) is 0 Å². The Morgan fingerprint density at radius 2 is 2.33 bits per heavy atom. The zero-order chi connectivity index (χ0) is 10.8. The van der Waals surface area contributed by atoms with Crippen molar-refractivity contribution in [2.45, 2.75) is 44.6 Å². The first-order valence-corrected chi connectivity index (χ1v) is 6.23. The molecule has 1 aromatic heterocycles. The summed E-state index contributed by atoms with van der Waals surface area (Å²) < 4.78 is 1.01. The first-order chi connectivity index (χ1) is 7.16. The zero-order valence-electron chi connectivity index (χ0n) is 8.91. The summed E-state index contributed by atoms with van der Waals surface area (Å²) in [5.74, 6) is 1.63. The van der Waals surface area contributed by atoms with Gasteiger partial charge in [0.05, 0.1) is 10.2 Å². The van der Waals surface area contributed by atoms with Gasteiger partial charge in [0.1, 0.15) is 5.82 Å². The van der Waals surface area contributed by atoms with Crippen LogP contribution in [0.2, 0.25) is 0 Å². The van der Waals surface area contributed by atoms with Crippen LogP contribution in [0.25, 0.3) is 0 Å². The lowest BCUT2D eigenvalue weighted by atomic mass is 10.1. The third kappa shape index (κ3) is 2.98. The molecule has 0 aliphatic heterocycles. The molecule has 0 aromatic carbocycles. The number of nitrogens with two attached hydrogens (primary N) is 1. The molecule has 4 heteroatoms. The Bertz CT molecular complexity index is 348. The van der Waals surface area contributed by atoms with Gasteiger partial charge in [0.25, 0.3) is 0 Å². The fraction of sp³-hybridized carbons (Fsp3) is 0.636. The van der Waals surface area contributed by atoms with Crippen LogP contribution in [0.1, 0.15) is 43.6 Å². The maximum Gasteiger partial charge on any atom is 0.131 e. The van der Waals surface area contributed by atoms with Gasteiger partial charge in [0.15, 0.2) is 0 Å². The molecule has 0 saturated heterocycles. The number of hydrogen-bond donors (Lipinski definition) is 1. The monoisotopic (exact) mass is 269 g/mol. The van der Waals surface area contributed by atoms with Gasteiger partial charge in [-0.25, -0.2) is 9.97 Å². The van der Waals surface area contributed by atoms with Crippen molar-refractivity contribution in [1.29, 1.82) is 0 Å². The molecule has 15 heavy (non-hydrogen) atoms. The smallest absolute Gasteiger partial charge is 0.131 e. The molecule has 1 aromatic rings. The third-order valence-corrected chi connectivity index (χ3v) is 3.28. The molecule has 1 aliphatic carbocycles. The Morgan fingerprint density at radius 3 is 2.93 bits per heavy atom. The van der Waals surface area contributed by atoms with E-state index in [1.54, 1.807) is 0 Å². The second kappa shape index (κ2) is 4.58. The van der Waals surface area contributed by atoms with Gasteiger partial charge in [-0.3, -0.25) is 0 Å². The van der Waals surface area contributed by atoms with Crippen LogP contribution in [0.3, 0.4) is 0 Å². The molecule has 3 nitrogen and oxygen atoms in total. The average Bonchev–Trinajstić information content (AvgIpc) is 3.00. The maximum absolute atomic E-state index is 5.74. The minimum atomic E-state index is 0.233. The van der Waals surface area contributed by atoms with Gasteiger partial charge in [-0.05, 0) is 48.5 Å². The number of halogens is 1. The summed E-state index contributed by atoms with van der Waals surface area (Å²) in [5, 5.41) is 0. The van der Waals surface area contributed by atoms with Crippen molar-refractivity contribution in [1.82, 2.24) is 9.97 Å². The standard InChI is InChI=1S/C11H16BrN3/c1-7(13)2-5-10-9(12)6-14-11(15-10)8-3-4-8/h6-8H,2-5,13H2,1H3. The fourth-order valence-electron chi connectivity index (χ4n) is 1.50. The lowest BCUT2D eigenvalue weighted by Gasteiger charge is -2.07. The van der Waals surface area contributed by atoms with Crippen LogP contribution in [-0.2, 0) is 6.42 Å². The summed E-state index contributed by atoms with van der Waals surface area (Å²) in [6.45, 7) is 2.02.